The zero-order valence-corrected chi connectivity index (χ0v) is 14.3. The number of aromatic amines is 1. The van der Waals surface area contributed by atoms with Crippen LogP contribution in [-0.2, 0) is 17.8 Å². The van der Waals surface area contributed by atoms with E-state index in [1.165, 1.54) is 0 Å². The van der Waals surface area contributed by atoms with Crippen molar-refractivity contribution in [1.29, 1.82) is 0 Å². The fourth-order valence-corrected chi connectivity index (χ4v) is 2.76. The Hall–Kier alpha value is -2.50. The average Bonchev–Trinajstić information content (AvgIpc) is 3.15. The molecule has 0 radical (unpaired) electrons. The maximum absolute atomic E-state index is 12.8. The standard InChI is InChI=1S/C18H23N3O3/c1-12(2)8-21(9-15-13(3)19-10-20-15)18(22)7-14-4-5-16-17(6-14)24-11-23-16/h4-6,10,12H,7-9,11H2,1-3H3,(H,19,20). The number of imidazole rings is 1. The van der Waals surface area contributed by atoms with E-state index in [0.717, 1.165) is 22.7 Å². The number of carbonyl (C=O) groups is 1. The van der Waals surface area contributed by atoms with Gasteiger partial charge < -0.3 is 19.4 Å². The third-order valence-corrected chi connectivity index (χ3v) is 4.01. The van der Waals surface area contributed by atoms with Crippen molar-refractivity contribution in [3.63, 3.8) is 0 Å². The van der Waals surface area contributed by atoms with Crippen LogP contribution in [0.15, 0.2) is 24.5 Å². The number of amides is 1. The van der Waals surface area contributed by atoms with Crippen molar-refractivity contribution in [3.05, 3.63) is 41.5 Å². The topological polar surface area (TPSA) is 67.5 Å². The predicted molar refractivity (Wildman–Crippen MR) is 89.8 cm³/mol. The number of carbonyl (C=O) groups excluding carboxylic acids is 1. The SMILES string of the molecule is Cc1[nH]cnc1CN(CC(C)C)C(=O)Cc1ccc2c(c1)OCO2. The van der Waals surface area contributed by atoms with Gasteiger partial charge in [0.25, 0.3) is 0 Å². The van der Waals surface area contributed by atoms with Crippen molar-refractivity contribution in [3.8, 4) is 11.5 Å². The van der Waals surface area contributed by atoms with E-state index in [4.69, 9.17) is 9.47 Å². The van der Waals surface area contributed by atoms with Crippen molar-refractivity contribution in [2.24, 2.45) is 5.92 Å². The second-order valence-corrected chi connectivity index (χ2v) is 6.51. The summed E-state index contributed by atoms with van der Waals surface area (Å²) in [6.07, 6.45) is 2.01. The van der Waals surface area contributed by atoms with Crippen molar-refractivity contribution >= 4 is 5.91 Å². The van der Waals surface area contributed by atoms with Gasteiger partial charge in [0.15, 0.2) is 11.5 Å². The number of hydrogen-bond acceptors (Lipinski definition) is 4. The number of ether oxygens (including phenoxy) is 2. The molecule has 0 saturated carbocycles. The van der Waals surface area contributed by atoms with E-state index in [0.29, 0.717) is 31.2 Å². The Labute approximate surface area is 141 Å². The van der Waals surface area contributed by atoms with Crippen molar-refractivity contribution in [1.82, 2.24) is 14.9 Å². The third-order valence-electron chi connectivity index (χ3n) is 4.01. The van der Waals surface area contributed by atoms with Gasteiger partial charge in [-0.25, -0.2) is 4.98 Å². The molecule has 0 aliphatic carbocycles. The number of aromatic nitrogens is 2. The zero-order valence-electron chi connectivity index (χ0n) is 14.3. The molecule has 2 aromatic rings. The minimum atomic E-state index is 0.0879. The van der Waals surface area contributed by atoms with Gasteiger partial charge in [-0.3, -0.25) is 4.79 Å². The quantitative estimate of drug-likeness (QED) is 0.885. The summed E-state index contributed by atoms with van der Waals surface area (Å²) >= 11 is 0. The summed E-state index contributed by atoms with van der Waals surface area (Å²) in [5.41, 5.74) is 2.84. The number of aryl methyl sites for hydroxylation is 1. The molecular weight excluding hydrogens is 306 g/mol. The van der Waals surface area contributed by atoms with Crippen LogP contribution >= 0.6 is 0 Å². The van der Waals surface area contributed by atoms with Crippen LogP contribution < -0.4 is 9.47 Å². The van der Waals surface area contributed by atoms with Gasteiger partial charge in [0, 0.05) is 12.2 Å². The van der Waals surface area contributed by atoms with Crippen LogP contribution in [0.25, 0.3) is 0 Å². The Morgan fingerprint density at radius 1 is 1.33 bits per heavy atom. The molecule has 1 aromatic carbocycles. The summed E-state index contributed by atoms with van der Waals surface area (Å²) < 4.78 is 10.7. The van der Waals surface area contributed by atoms with Crippen LogP contribution in [0.3, 0.4) is 0 Å². The van der Waals surface area contributed by atoms with Crippen molar-refractivity contribution < 1.29 is 14.3 Å². The molecule has 3 rings (SSSR count). The van der Waals surface area contributed by atoms with Gasteiger partial charge in [-0.1, -0.05) is 19.9 Å². The highest BCUT2D eigenvalue weighted by Gasteiger charge is 2.20. The van der Waals surface area contributed by atoms with Crippen LogP contribution in [0.2, 0.25) is 0 Å². The van der Waals surface area contributed by atoms with Crippen LogP contribution in [0.4, 0.5) is 0 Å². The minimum absolute atomic E-state index is 0.0879. The first-order valence-electron chi connectivity index (χ1n) is 8.18. The van der Waals surface area contributed by atoms with E-state index in [1.807, 2.05) is 30.0 Å². The van der Waals surface area contributed by atoms with Crippen molar-refractivity contribution in [2.45, 2.75) is 33.7 Å². The molecule has 6 heteroatoms. The van der Waals surface area contributed by atoms with E-state index in [-0.39, 0.29) is 12.7 Å². The Bertz CT molecular complexity index is 724. The Morgan fingerprint density at radius 3 is 2.83 bits per heavy atom. The van der Waals surface area contributed by atoms with E-state index >= 15 is 0 Å². The lowest BCUT2D eigenvalue weighted by Crippen LogP contribution is -2.35. The lowest BCUT2D eigenvalue weighted by Gasteiger charge is -2.24. The molecule has 0 unspecified atom stereocenters. The number of fused-ring (bicyclic) bond motifs is 1. The molecule has 0 bridgehead atoms. The number of rotatable bonds is 6. The molecule has 1 amide bonds. The normalized spacial score (nSPS) is 12.7. The monoisotopic (exact) mass is 329 g/mol. The molecule has 1 aromatic heterocycles. The highest BCUT2D eigenvalue weighted by atomic mass is 16.7. The number of hydrogen-bond donors (Lipinski definition) is 1. The Kier molecular flexibility index (Phi) is 4.74. The van der Waals surface area contributed by atoms with Gasteiger partial charge in [0.1, 0.15) is 0 Å². The number of nitrogens with zero attached hydrogens (tertiary/aromatic N) is 2. The van der Waals surface area contributed by atoms with E-state index < -0.39 is 0 Å². The van der Waals surface area contributed by atoms with Gasteiger partial charge in [-0.2, -0.15) is 0 Å². The summed E-state index contributed by atoms with van der Waals surface area (Å²) in [6.45, 7) is 7.66. The molecule has 0 fully saturated rings. The average molecular weight is 329 g/mol. The van der Waals surface area contributed by atoms with Crippen molar-refractivity contribution in [2.75, 3.05) is 13.3 Å². The molecule has 128 valence electrons. The molecule has 1 aliphatic heterocycles. The van der Waals surface area contributed by atoms with E-state index in [2.05, 4.69) is 23.8 Å². The first-order chi connectivity index (χ1) is 11.5. The summed E-state index contributed by atoms with van der Waals surface area (Å²) in [6, 6.07) is 5.65. The van der Waals surface area contributed by atoms with E-state index in [1.54, 1.807) is 6.33 Å². The summed E-state index contributed by atoms with van der Waals surface area (Å²) in [4.78, 5) is 22.1. The van der Waals surface area contributed by atoms with Crippen LogP contribution in [0.1, 0.15) is 30.8 Å². The predicted octanol–water partition coefficient (Wildman–Crippen LogP) is 2.67. The molecule has 0 saturated heterocycles. The largest absolute Gasteiger partial charge is 0.454 e. The highest BCUT2D eigenvalue weighted by Crippen LogP contribution is 2.32. The lowest BCUT2D eigenvalue weighted by molar-refractivity contribution is -0.131. The summed E-state index contributed by atoms with van der Waals surface area (Å²) in [5.74, 6) is 1.92. The first kappa shape index (κ1) is 16.4. The second-order valence-electron chi connectivity index (χ2n) is 6.51. The first-order valence-corrected chi connectivity index (χ1v) is 8.18. The smallest absolute Gasteiger partial charge is 0.231 e. The highest BCUT2D eigenvalue weighted by molar-refractivity contribution is 5.79. The third kappa shape index (κ3) is 3.69. The van der Waals surface area contributed by atoms with E-state index in [9.17, 15) is 4.79 Å². The fraction of sp³-hybridized carbons (Fsp3) is 0.444. The van der Waals surface area contributed by atoms with Gasteiger partial charge in [-0.15, -0.1) is 0 Å². The van der Waals surface area contributed by atoms with Crippen LogP contribution in [-0.4, -0.2) is 34.1 Å². The Balaban J connectivity index is 1.72. The molecule has 1 aliphatic rings. The molecule has 2 heterocycles. The zero-order chi connectivity index (χ0) is 17.1. The molecular formula is C18H23N3O3. The lowest BCUT2D eigenvalue weighted by atomic mass is 10.1. The summed E-state index contributed by atoms with van der Waals surface area (Å²) in [7, 11) is 0. The molecule has 6 nitrogen and oxygen atoms in total. The minimum Gasteiger partial charge on any atom is -0.454 e. The fourth-order valence-electron chi connectivity index (χ4n) is 2.76. The number of nitrogens with one attached hydrogen (secondary N) is 1. The number of benzene rings is 1. The molecule has 0 atom stereocenters. The van der Waals surface area contributed by atoms with Crippen LogP contribution in [0, 0.1) is 12.8 Å². The molecule has 24 heavy (non-hydrogen) atoms. The second kappa shape index (κ2) is 6.95. The maximum atomic E-state index is 12.8. The Morgan fingerprint density at radius 2 is 2.12 bits per heavy atom. The van der Waals surface area contributed by atoms with Gasteiger partial charge in [0.05, 0.1) is 25.0 Å². The van der Waals surface area contributed by atoms with Gasteiger partial charge in [-0.05, 0) is 30.5 Å². The number of H-pyrrole nitrogens is 1. The molecule has 1 N–H and O–H groups in total. The summed E-state index contributed by atoms with van der Waals surface area (Å²) in [5, 5.41) is 0. The van der Waals surface area contributed by atoms with Crippen LogP contribution in [0.5, 0.6) is 11.5 Å². The maximum Gasteiger partial charge on any atom is 0.231 e. The van der Waals surface area contributed by atoms with Gasteiger partial charge >= 0.3 is 0 Å². The van der Waals surface area contributed by atoms with Gasteiger partial charge in [0.2, 0.25) is 12.7 Å². The molecule has 0 spiro atoms.